The molecule has 28 heavy (non-hydrogen) atoms. The second kappa shape index (κ2) is 9.54. The highest BCUT2D eigenvalue weighted by Gasteiger charge is 2.26. The molecule has 0 saturated carbocycles. The van der Waals surface area contributed by atoms with Crippen LogP contribution in [0.25, 0.3) is 0 Å². The summed E-state index contributed by atoms with van der Waals surface area (Å²) >= 11 is 1.22. The van der Waals surface area contributed by atoms with Crippen molar-refractivity contribution in [2.24, 2.45) is 0 Å². The smallest absolute Gasteiger partial charge is 0.252 e. The molecule has 1 fully saturated rings. The van der Waals surface area contributed by atoms with Crippen LogP contribution in [-0.4, -0.2) is 38.3 Å². The highest BCUT2D eigenvalue weighted by molar-refractivity contribution is 7.91. The predicted molar refractivity (Wildman–Crippen MR) is 110 cm³/mol. The summed E-state index contributed by atoms with van der Waals surface area (Å²) in [6, 6.07) is 10.4. The van der Waals surface area contributed by atoms with Crippen molar-refractivity contribution in [2.75, 3.05) is 19.7 Å². The number of hydrogen-bond donors (Lipinski definition) is 1. The summed E-state index contributed by atoms with van der Waals surface area (Å²) in [5.74, 6) is 0.522. The lowest BCUT2D eigenvalue weighted by molar-refractivity contribution is 0.0951. The Morgan fingerprint density at radius 1 is 1.07 bits per heavy atom. The summed E-state index contributed by atoms with van der Waals surface area (Å²) in [5.41, 5.74) is 0.539. The molecule has 1 saturated heterocycles. The van der Waals surface area contributed by atoms with Gasteiger partial charge in [0.15, 0.2) is 0 Å². The van der Waals surface area contributed by atoms with Crippen molar-refractivity contribution in [3.8, 4) is 5.75 Å². The lowest BCUT2D eigenvalue weighted by Gasteiger charge is -2.18. The molecule has 6 nitrogen and oxygen atoms in total. The standard InChI is InChI=1S/C20H26N2O4S2/c1-2-26-17-9-7-16(8-10-17)20(23)21-15-18-11-12-19(27-18)28(24,25)22-13-5-3-4-6-14-22/h7-12H,2-6,13-15H2,1H3,(H,21,23). The van der Waals surface area contributed by atoms with Gasteiger partial charge in [0.25, 0.3) is 15.9 Å². The number of nitrogens with one attached hydrogen (secondary N) is 1. The van der Waals surface area contributed by atoms with Gasteiger partial charge in [-0.25, -0.2) is 8.42 Å². The number of carbonyl (C=O) groups is 1. The molecule has 1 amide bonds. The fourth-order valence-corrected chi connectivity index (χ4v) is 6.11. The first-order valence-corrected chi connectivity index (χ1v) is 11.9. The molecule has 0 atom stereocenters. The minimum Gasteiger partial charge on any atom is -0.494 e. The maximum atomic E-state index is 12.8. The largest absolute Gasteiger partial charge is 0.494 e. The summed E-state index contributed by atoms with van der Waals surface area (Å²) in [7, 11) is -3.44. The van der Waals surface area contributed by atoms with E-state index in [0.29, 0.717) is 36.0 Å². The second-order valence-electron chi connectivity index (χ2n) is 6.68. The number of hydrogen-bond acceptors (Lipinski definition) is 5. The molecule has 1 aliphatic heterocycles. The third-order valence-corrected chi connectivity index (χ3v) is 8.10. The number of thiophene rings is 1. The van der Waals surface area contributed by atoms with Crippen molar-refractivity contribution in [3.63, 3.8) is 0 Å². The number of ether oxygens (including phenoxy) is 1. The molecule has 152 valence electrons. The van der Waals surface area contributed by atoms with Gasteiger partial charge in [0.05, 0.1) is 13.2 Å². The topological polar surface area (TPSA) is 75.7 Å². The van der Waals surface area contributed by atoms with Crippen LogP contribution in [0.3, 0.4) is 0 Å². The molecule has 0 spiro atoms. The molecule has 1 aliphatic rings. The molecule has 0 radical (unpaired) electrons. The maximum absolute atomic E-state index is 12.8. The Morgan fingerprint density at radius 3 is 2.39 bits per heavy atom. The van der Waals surface area contributed by atoms with Gasteiger partial charge in [-0.1, -0.05) is 12.8 Å². The molecule has 1 N–H and O–H groups in total. The normalized spacial score (nSPS) is 15.8. The van der Waals surface area contributed by atoms with Crippen LogP contribution in [0.15, 0.2) is 40.6 Å². The Bertz CT molecular complexity index is 883. The molecule has 3 rings (SSSR count). The number of carbonyl (C=O) groups excluding carboxylic acids is 1. The van der Waals surface area contributed by atoms with Crippen LogP contribution in [-0.2, 0) is 16.6 Å². The summed E-state index contributed by atoms with van der Waals surface area (Å²) in [4.78, 5) is 13.1. The van der Waals surface area contributed by atoms with Gasteiger partial charge in [-0.15, -0.1) is 11.3 Å². The van der Waals surface area contributed by atoms with Gasteiger partial charge < -0.3 is 10.1 Å². The summed E-state index contributed by atoms with van der Waals surface area (Å²) < 4.78 is 33.0. The van der Waals surface area contributed by atoms with Gasteiger partial charge in [-0.05, 0) is 56.2 Å². The van der Waals surface area contributed by atoms with Crippen molar-refractivity contribution in [2.45, 2.75) is 43.4 Å². The van der Waals surface area contributed by atoms with Gasteiger partial charge in [-0.2, -0.15) is 4.31 Å². The van der Waals surface area contributed by atoms with E-state index in [1.165, 1.54) is 11.3 Å². The summed E-state index contributed by atoms with van der Waals surface area (Å²) in [5, 5.41) is 2.84. The maximum Gasteiger partial charge on any atom is 0.252 e. The number of amides is 1. The van der Waals surface area contributed by atoms with E-state index in [1.807, 2.05) is 6.92 Å². The Morgan fingerprint density at radius 2 is 1.75 bits per heavy atom. The molecule has 8 heteroatoms. The zero-order chi connectivity index (χ0) is 20.0. The second-order valence-corrected chi connectivity index (χ2v) is 10.0. The van der Waals surface area contributed by atoms with Crippen molar-refractivity contribution in [1.82, 2.24) is 9.62 Å². The Hall–Kier alpha value is -1.90. The molecule has 0 aliphatic carbocycles. The third-order valence-electron chi connectivity index (χ3n) is 4.65. The van der Waals surface area contributed by atoms with Crippen molar-refractivity contribution in [1.29, 1.82) is 0 Å². The molecular formula is C20H26N2O4S2. The SMILES string of the molecule is CCOc1ccc(C(=O)NCc2ccc(S(=O)(=O)N3CCCCCC3)s2)cc1. The molecule has 0 bridgehead atoms. The van der Waals surface area contributed by atoms with Gasteiger partial charge in [0.1, 0.15) is 9.96 Å². The first kappa shape index (κ1) is 20.8. The van der Waals surface area contributed by atoms with E-state index in [4.69, 9.17) is 4.74 Å². The molecule has 2 aromatic rings. The first-order chi connectivity index (χ1) is 13.5. The van der Waals surface area contributed by atoms with Crippen LogP contribution in [0.4, 0.5) is 0 Å². The van der Waals surface area contributed by atoms with E-state index in [9.17, 15) is 13.2 Å². The van der Waals surface area contributed by atoms with Crippen molar-refractivity contribution in [3.05, 3.63) is 46.8 Å². The number of sulfonamides is 1. The van der Waals surface area contributed by atoms with E-state index >= 15 is 0 Å². The quantitative estimate of drug-likeness (QED) is 0.739. The van der Waals surface area contributed by atoms with Gasteiger partial charge in [-0.3, -0.25) is 4.79 Å². The van der Waals surface area contributed by atoms with Crippen LogP contribution in [0.5, 0.6) is 5.75 Å². The van der Waals surface area contributed by atoms with Gasteiger partial charge >= 0.3 is 0 Å². The summed E-state index contributed by atoms with van der Waals surface area (Å²) in [6.45, 7) is 3.95. The van der Waals surface area contributed by atoms with E-state index in [-0.39, 0.29) is 5.91 Å². The number of nitrogens with zero attached hydrogens (tertiary/aromatic N) is 1. The van der Waals surface area contributed by atoms with Gasteiger partial charge in [0, 0.05) is 23.5 Å². The fraction of sp³-hybridized carbons (Fsp3) is 0.450. The lowest BCUT2D eigenvalue weighted by atomic mass is 10.2. The van der Waals surface area contributed by atoms with Crippen LogP contribution in [0, 0.1) is 0 Å². The molecule has 1 aromatic carbocycles. The van der Waals surface area contributed by atoms with E-state index in [1.54, 1.807) is 40.7 Å². The zero-order valence-electron chi connectivity index (χ0n) is 16.0. The minimum absolute atomic E-state index is 0.201. The Labute approximate surface area is 170 Å². The van der Waals surface area contributed by atoms with Crippen LogP contribution in [0.2, 0.25) is 0 Å². The Kier molecular flexibility index (Phi) is 7.09. The van der Waals surface area contributed by atoms with E-state index < -0.39 is 10.0 Å². The highest BCUT2D eigenvalue weighted by Crippen LogP contribution is 2.27. The number of rotatable bonds is 7. The first-order valence-electron chi connectivity index (χ1n) is 9.60. The average molecular weight is 423 g/mol. The van der Waals surface area contributed by atoms with Crippen LogP contribution >= 0.6 is 11.3 Å². The van der Waals surface area contributed by atoms with Crippen molar-refractivity contribution < 1.29 is 17.9 Å². The van der Waals surface area contributed by atoms with Crippen LogP contribution < -0.4 is 10.1 Å². The van der Waals surface area contributed by atoms with E-state index in [2.05, 4.69) is 5.32 Å². The highest BCUT2D eigenvalue weighted by atomic mass is 32.2. The monoisotopic (exact) mass is 422 g/mol. The Balaban J connectivity index is 1.60. The van der Waals surface area contributed by atoms with Gasteiger partial charge in [0.2, 0.25) is 0 Å². The zero-order valence-corrected chi connectivity index (χ0v) is 17.7. The lowest BCUT2D eigenvalue weighted by Crippen LogP contribution is -2.31. The minimum atomic E-state index is -3.44. The summed E-state index contributed by atoms with van der Waals surface area (Å²) in [6.07, 6.45) is 3.99. The number of benzene rings is 1. The predicted octanol–water partition coefficient (Wildman–Crippen LogP) is 3.64. The molecular weight excluding hydrogens is 396 g/mol. The third kappa shape index (κ3) is 5.12. The molecule has 0 unspecified atom stereocenters. The van der Waals surface area contributed by atoms with Crippen molar-refractivity contribution >= 4 is 27.3 Å². The molecule has 2 heterocycles. The average Bonchev–Trinajstić information content (AvgIpc) is 3.01. The fourth-order valence-electron chi connectivity index (χ4n) is 3.14. The van der Waals surface area contributed by atoms with Crippen LogP contribution in [0.1, 0.15) is 47.8 Å². The van der Waals surface area contributed by atoms with E-state index in [0.717, 1.165) is 36.3 Å². The molecule has 1 aromatic heterocycles.